The minimum Gasteiger partial charge on any atom is -0.342 e. The maximum Gasteiger partial charge on any atom is 0.222 e. The van der Waals surface area contributed by atoms with Crippen LogP contribution in [-0.4, -0.2) is 34.9 Å². The number of carbonyl (C=O) groups is 1. The lowest BCUT2D eigenvalue weighted by Gasteiger charge is -2.26. The average molecular weight is 283 g/mol. The second-order valence-electron chi connectivity index (χ2n) is 6.11. The third-order valence-corrected chi connectivity index (χ3v) is 6.05. The topological polar surface area (TPSA) is 20.3 Å². The SMILES string of the molecule is CCN(CC1CCCS1)C(=O)CCC1CCCCC1. The third kappa shape index (κ3) is 5.02. The van der Waals surface area contributed by atoms with Crippen molar-refractivity contribution in [3.63, 3.8) is 0 Å². The summed E-state index contributed by atoms with van der Waals surface area (Å²) in [6, 6.07) is 0. The highest BCUT2D eigenvalue weighted by Crippen LogP contribution is 2.29. The molecule has 3 heteroatoms. The Bertz CT molecular complexity index is 270. The van der Waals surface area contributed by atoms with Gasteiger partial charge in [0.1, 0.15) is 0 Å². The van der Waals surface area contributed by atoms with Crippen molar-refractivity contribution < 1.29 is 4.79 Å². The molecular formula is C16H29NOS. The maximum absolute atomic E-state index is 12.3. The lowest BCUT2D eigenvalue weighted by Crippen LogP contribution is -2.35. The van der Waals surface area contributed by atoms with Gasteiger partial charge in [-0.25, -0.2) is 0 Å². The largest absolute Gasteiger partial charge is 0.342 e. The second-order valence-corrected chi connectivity index (χ2v) is 7.52. The Kier molecular flexibility index (Phi) is 6.55. The fourth-order valence-corrected chi connectivity index (χ4v) is 4.69. The summed E-state index contributed by atoms with van der Waals surface area (Å²) in [5, 5.41) is 0.707. The molecule has 1 atom stereocenters. The second kappa shape index (κ2) is 8.18. The van der Waals surface area contributed by atoms with Gasteiger partial charge in [-0.1, -0.05) is 32.1 Å². The first-order valence-corrected chi connectivity index (χ1v) is 9.24. The molecule has 0 spiro atoms. The zero-order valence-electron chi connectivity index (χ0n) is 12.4. The van der Waals surface area contributed by atoms with Gasteiger partial charge in [0.2, 0.25) is 5.91 Å². The van der Waals surface area contributed by atoms with Crippen molar-refractivity contribution in [1.82, 2.24) is 4.90 Å². The third-order valence-electron chi connectivity index (χ3n) is 4.67. The van der Waals surface area contributed by atoms with Gasteiger partial charge in [-0.05, 0) is 37.9 Å². The van der Waals surface area contributed by atoms with Crippen LogP contribution in [0.25, 0.3) is 0 Å². The van der Waals surface area contributed by atoms with E-state index in [2.05, 4.69) is 23.6 Å². The quantitative estimate of drug-likeness (QED) is 0.732. The summed E-state index contributed by atoms with van der Waals surface area (Å²) in [5.41, 5.74) is 0. The van der Waals surface area contributed by atoms with E-state index in [4.69, 9.17) is 0 Å². The molecule has 1 saturated heterocycles. The molecule has 1 aliphatic heterocycles. The van der Waals surface area contributed by atoms with Crippen LogP contribution in [0.4, 0.5) is 0 Å². The first kappa shape index (κ1) is 15.2. The Balaban J connectivity index is 1.69. The van der Waals surface area contributed by atoms with Crippen LogP contribution < -0.4 is 0 Å². The molecular weight excluding hydrogens is 254 g/mol. The fraction of sp³-hybridized carbons (Fsp3) is 0.938. The van der Waals surface area contributed by atoms with Crippen molar-refractivity contribution in [1.29, 1.82) is 0 Å². The molecule has 0 radical (unpaired) electrons. The van der Waals surface area contributed by atoms with Crippen LogP contribution >= 0.6 is 11.8 Å². The predicted molar refractivity (Wildman–Crippen MR) is 83.5 cm³/mol. The van der Waals surface area contributed by atoms with Crippen molar-refractivity contribution >= 4 is 17.7 Å². The smallest absolute Gasteiger partial charge is 0.222 e. The minimum absolute atomic E-state index is 0.403. The zero-order chi connectivity index (χ0) is 13.5. The van der Waals surface area contributed by atoms with E-state index in [1.807, 2.05) is 0 Å². The van der Waals surface area contributed by atoms with E-state index in [1.165, 1.54) is 50.7 Å². The number of nitrogens with zero attached hydrogens (tertiary/aromatic N) is 1. The average Bonchev–Trinajstić information content (AvgIpc) is 2.96. The van der Waals surface area contributed by atoms with Gasteiger partial charge in [0.05, 0.1) is 0 Å². The molecule has 2 rings (SSSR count). The molecule has 0 N–H and O–H groups in total. The number of amides is 1. The Hall–Kier alpha value is -0.180. The molecule has 1 aliphatic carbocycles. The highest BCUT2D eigenvalue weighted by atomic mass is 32.2. The van der Waals surface area contributed by atoms with Gasteiger partial charge in [0.25, 0.3) is 0 Å². The lowest BCUT2D eigenvalue weighted by molar-refractivity contribution is -0.131. The highest BCUT2D eigenvalue weighted by Gasteiger charge is 2.22. The standard InChI is InChI=1S/C16H29NOS/c1-2-17(13-15-9-6-12-19-15)16(18)11-10-14-7-4-3-5-8-14/h14-15H,2-13H2,1H3. The Morgan fingerprint density at radius 1 is 1.16 bits per heavy atom. The molecule has 1 saturated carbocycles. The fourth-order valence-electron chi connectivity index (χ4n) is 3.40. The molecule has 2 aliphatic rings. The van der Waals surface area contributed by atoms with Gasteiger partial charge in [-0.3, -0.25) is 4.79 Å². The summed E-state index contributed by atoms with van der Waals surface area (Å²) in [7, 11) is 0. The highest BCUT2D eigenvalue weighted by molar-refractivity contribution is 8.00. The van der Waals surface area contributed by atoms with Crippen LogP contribution in [0.15, 0.2) is 0 Å². The van der Waals surface area contributed by atoms with Crippen LogP contribution in [0.5, 0.6) is 0 Å². The van der Waals surface area contributed by atoms with Gasteiger partial charge < -0.3 is 4.90 Å². The van der Waals surface area contributed by atoms with E-state index >= 15 is 0 Å². The summed E-state index contributed by atoms with van der Waals surface area (Å²) in [4.78, 5) is 14.4. The van der Waals surface area contributed by atoms with Crippen LogP contribution in [0.2, 0.25) is 0 Å². The predicted octanol–water partition coefficient (Wildman–Crippen LogP) is 4.09. The van der Waals surface area contributed by atoms with Crippen molar-refractivity contribution in [2.75, 3.05) is 18.8 Å². The van der Waals surface area contributed by atoms with E-state index in [0.717, 1.165) is 31.8 Å². The number of hydrogen-bond acceptors (Lipinski definition) is 2. The van der Waals surface area contributed by atoms with Gasteiger partial charge in [0, 0.05) is 24.8 Å². The van der Waals surface area contributed by atoms with E-state index in [9.17, 15) is 4.79 Å². The van der Waals surface area contributed by atoms with Crippen LogP contribution in [0.1, 0.15) is 64.7 Å². The maximum atomic E-state index is 12.3. The van der Waals surface area contributed by atoms with Gasteiger partial charge in [-0.15, -0.1) is 0 Å². The Morgan fingerprint density at radius 2 is 1.95 bits per heavy atom. The molecule has 2 nitrogen and oxygen atoms in total. The molecule has 0 aromatic carbocycles. The van der Waals surface area contributed by atoms with Gasteiger partial charge >= 0.3 is 0 Å². The summed E-state index contributed by atoms with van der Waals surface area (Å²) in [6.45, 7) is 4.00. The van der Waals surface area contributed by atoms with Crippen molar-refractivity contribution in [3.8, 4) is 0 Å². The number of carbonyl (C=O) groups excluding carboxylic acids is 1. The van der Waals surface area contributed by atoms with E-state index in [0.29, 0.717) is 11.2 Å². The summed E-state index contributed by atoms with van der Waals surface area (Å²) in [6.07, 6.45) is 11.5. The van der Waals surface area contributed by atoms with Crippen molar-refractivity contribution in [2.45, 2.75) is 70.0 Å². The molecule has 0 bridgehead atoms. The summed E-state index contributed by atoms with van der Waals surface area (Å²) < 4.78 is 0. The van der Waals surface area contributed by atoms with Crippen molar-refractivity contribution in [2.24, 2.45) is 5.92 Å². The monoisotopic (exact) mass is 283 g/mol. The van der Waals surface area contributed by atoms with Crippen LogP contribution in [-0.2, 0) is 4.79 Å². The molecule has 1 heterocycles. The number of rotatable bonds is 6. The first-order chi connectivity index (χ1) is 9.29. The molecule has 0 aromatic rings. The van der Waals surface area contributed by atoms with Gasteiger partial charge in [-0.2, -0.15) is 11.8 Å². The lowest BCUT2D eigenvalue weighted by atomic mass is 9.86. The summed E-state index contributed by atoms with van der Waals surface area (Å²) >= 11 is 2.06. The Labute approximate surface area is 122 Å². The number of hydrogen-bond donors (Lipinski definition) is 0. The van der Waals surface area contributed by atoms with E-state index in [-0.39, 0.29) is 0 Å². The van der Waals surface area contributed by atoms with E-state index in [1.54, 1.807) is 0 Å². The number of thioether (sulfide) groups is 1. The molecule has 2 fully saturated rings. The summed E-state index contributed by atoms with van der Waals surface area (Å²) in [5.74, 6) is 2.52. The van der Waals surface area contributed by atoms with Crippen LogP contribution in [0, 0.1) is 5.92 Å². The van der Waals surface area contributed by atoms with Crippen LogP contribution in [0.3, 0.4) is 0 Å². The molecule has 1 amide bonds. The van der Waals surface area contributed by atoms with Crippen molar-refractivity contribution in [3.05, 3.63) is 0 Å². The first-order valence-electron chi connectivity index (χ1n) is 8.19. The zero-order valence-corrected chi connectivity index (χ0v) is 13.2. The molecule has 1 unspecified atom stereocenters. The normalized spacial score (nSPS) is 24.6. The minimum atomic E-state index is 0.403. The Morgan fingerprint density at radius 3 is 2.58 bits per heavy atom. The molecule has 19 heavy (non-hydrogen) atoms. The van der Waals surface area contributed by atoms with Gasteiger partial charge in [0.15, 0.2) is 0 Å². The molecule has 110 valence electrons. The van der Waals surface area contributed by atoms with E-state index < -0.39 is 0 Å². The molecule has 0 aromatic heterocycles.